The van der Waals surface area contributed by atoms with Crippen molar-refractivity contribution in [1.82, 2.24) is 0 Å². The SMILES string of the molecule is CC(C)=CCC[C@](C)(O[C@@H]1O[C@H](CO[C@@H]2OC[C@@H](O)[C@H](O[C@@H]3OC[C@@H](O)[C@H](O)[C@H]3O)[C@H]2O)[C@@H](O)[C@H](O)[C@H]1O)[C@H]1CC[C@]2(C)[C@@H]1[C@H](O)C[C@@H]1[C@@]3(C)CC[C@H](O[C@@H]4O[C@H](CO)[C@@H](O)[C@H](O)[C@H]4O)C(C)(C)C3CC[C@]12C. The number of hydrogen-bond acceptors (Lipinski definition) is 21. The molecular formula is C52H88O21. The zero-order valence-electron chi connectivity index (χ0n) is 43.7. The lowest BCUT2D eigenvalue weighted by molar-refractivity contribution is -0.353. The van der Waals surface area contributed by atoms with Gasteiger partial charge in [0.2, 0.25) is 0 Å². The third-order valence-electron chi connectivity index (χ3n) is 20.1. The fourth-order valence-electron chi connectivity index (χ4n) is 15.7. The summed E-state index contributed by atoms with van der Waals surface area (Å²) < 4.78 is 48.0. The molecular weight excluding hydrogens is 961 g/mol. The molecule has 1 unspecified atom stereocenters. The lowest BCUT2D eigenvalue weighted by atomic mass is 9.35. The molecule has 0 aromatic carbocycles. The van der Waals surface area contributed by atoms with E-state index in [0.717, 1.165) is 31.3 Å². The number of fused-ring (bicyclic) bond motifs is 5. The summed E-state index contributed by atoms with van der Waals surface area (Å²) in [7, 11) is 0. The molecule has 8 rings (SSSR count). The van der Waals surface area contributed by atoms with Gasteiger partial charge in [0, 0.05) is 0 Å². The van der Waals surface area contributed by atoms with Gasteiger partial charge >= 0.3 is 0 Å². The van der Waals surface area contributed by atoms with Crippen LogP contribution in [0.1, 0.15) is 113 Å². The van der Waals surface area contributed by atoms with Crippen LogP contribution in [-0.4, -0.2) is 221 Å². The molecule has 21 heteroatoms. The van der Waals surface area contributed by atoms with Crippen LogP contribution in [-0.2, 0) is 37.9 Å². The average Bonchev–Trinajstić information content (AvgIpc) is 3.72. The topological polar surface area (TPSA) is 337 Å². The molecule has 422 valence electrons. The molecule has 8 aliphatic rings. The maximum atomic E-state index is 12.8. The van der Waals surface area contributed by atoms with E-state index in [0.29, 0.717) is 32.1 Å². The Kier molecular flexibility index (Phi) is 17.4. The summed E-state index contributed by atoms with van der Waals surface area (Å²) in [5, 5.41) is 141. The monoisotopic (exact) mass is 1050 g/mol. The summed E-state index contributed by atoms with van der Waals surface area (Å²) in [6.07, 6.45) is -19.7. The van der Waals surface area contributed by atoms with E-state index in [9.17, 15) is 66.4 Å². The Bertz CT molecular complexity index is 1890. The molecule has 4 saturated carbocycles. The van der Waals surface area contributed by atoms with E-state index >= 15 is 0 Å². The van der Waals surface area contributed by atoms with Crippen LogP contribution in [0.3, 0.4) is 0 Å². The van der Waals surface area contributed by atoms with Gasteiger partial charge in [0.25, 0.3) is 0 Å². The van der Waals surface area contributed by atoms with Crippen LogP contribution in [0.5, 0.6) is 0 Å². The van der Waals surface area contributed by atoms with Crippen molar-refractivity contribution in [1.29, 1.82) is 0 Å². The maximum absolute atomic E-state index is 12.8. The normalized spacial score (nSPS) is 52.8. The smallest absolute Gasteiger partial charge is 0.187 e. The van der Waals surface area contributed by atoms with Crippen LogP contribution in [0.2, 0.25) is 0 Å². The molecule has 0 aromatic heterocycles. The Morgan fingerprint density at radius 1 is 0.603 bits per heavy atom. The molecule has 0 spiro atoms. The second-order valence-corrected chi connectivity index (χ2v) is 24.8. The Balaban J connectivity index is 0.980. The molecule has 28 atom stereocenters. The lowest BCUT2D eigenvalue weighted by Gasteiger charge is -2.71. The van der Waals surface area contributed by atoms with E-state index in [1.165, 1.54) is 0 Å². The number of aliphatic hydroxyl groups excluding tert-OH is 13. The zero-order chi connectivity index (χ0) is 53.5. The summed E-state index contributed by atoms with van der Waals surface area (Å²) in [6, 6.07) is 0. The highest BCUT2D eigenvalue weighted by atomic mass is 16.7. The van der Waals surface area contributed by atoms with E-state index in [4.69, 9.17) is 37.9 Å². The van der Waals surface area contributed by atoms with Crippen molar-refractivity contribution in [2.24, 2.45) is 45.3 Å². The number of ether oxygens (including phenoxy) is 8. The minimum atomic E-state index is -1.75. The summed E-state index contributed by atoms with van der Waals surface area (Å²) in [4.78, 5) is 0. The first-order chi connectivity index (χ1) is 34.1. The Morgan fingerprint density at radius 2 is 1.21 bits per heavy atom. The second kappa shape index (κ2) is 21.9. The molecule has 4 saturated heterocycles. The largest absolute Gasteiger partial charge is 0.394 e. The summed E-state index contributed by atoms with van der Waals surface area (Å²) in [6.45, 7) is 15.6. The Hall–Kier alpha value is -1.10. The zero-order valence-corrected chi connectivity index (χ0v) is 43.7. The van der Waals surface area contributed by atoms with Crippen LogP contribution < -0.4 is 0 Å². The van der Waals surface area contributed by atoms with E-state index in [-0.39, 0.29) is 59.2 Å². The van der Waals surface area contributed by atoms with Crippen molar-refractivity contribution < 1.29 is 104 Å². The predicted octanol–water partition coefficient (Wildman–Crippen LogP) is -0.924. The minimum absolute atomic E-state index is 0.117. The quantitative estimate of drug-likeness (QED) is 0.0739. The summed E-state index contributed by atoms with van der Waals surface area (Å²) >= 11 is 0. The fraction of sp³-hybridized carbons (Fsp3) is 0.962. The van der Waals surface area contributed by atoms with Gasteiger partial charge in [0.15, 0.2) is 25.2 Å². The first-order valence-electron chi connectivity index (χ1n) is 26.7. The van der Waals surface area contributed by atoms with Crippen LogP contribution in [0.4, 0.5) is 0 Å². The second-order valence-electron chi connectivity index (χ2n) is 24.8. The standard InChI is InChI=1S/C52H88O21/c1-23(2)10-9-14-52(8,73-47-41(64)38(61)36(59)29(70-47)22-68-44-42(65)43(27(56)21-66-44)72-45-39(62)34(57)26(55)20-67-45)24-11-16-51(7)33(24)25(54)18-31-49(5)15-13-32(48(3,4)30(49)12-17-50(31,51)6)71-46-40(63)37(60)35(58)28(19-53)69-46/h10,24-47,53-65H,9,11-22H2,1-8H3/t24-,25+,26+,27+,28+,29+,30?,31+,32-,33-,34-,35+,36+,37-,38-,39+,40+,41+,42+,43-,44-,45-,46-,47-,49-,50+,51+,52-/m0/s1. The number of allylic oxidation sites excluding steroid dienone is 2. The van der Waals surface area contributed by atoms with Gasteiger partial charge in [0.1, 0.15) is 85.5 Å². The van der Waals surface area contributed by atoms with Crippen molar-refractivity contribution in [2.45, 2.75) is 242 Å². The van der Waals surface area contributed by atoms with Crippen molar-refractivity contribution in [3.8, 4) is 0 Å². The first kappa shape index (κ1) is 58.1. The highest BCUT2D eigenvalue weighted by Crippen LogP contribution is 2.76. The van der Waals surface area contributed by atoms with Crippen molar-refractivity contribution in [3.05, 3.63) is 11.6 Å². The molecule has 0 aromatic rings. The molecule has 0 bridgehead atoms. The van der Waals surface area contributed by atoms with Crippen LogP contribution >= 0.6 is 0 Å². The number of hydrogen-bond donors (Lipinski definition) is 13. The average molecular weight is 1050 g/mol. The third-order valence-corrected chi connectivity index (χ3v) is 20.1. The van der Waals surface area contributed by atoms with Gasteiger partial charge in [0.05, 0.1) is 44.2 Å². The van der Waals surface area contributed by atoms with Gasteiger partial charge in [-0.2, -0.15) is 0 Å². The molecule has 13 N–H and O–H groups in total. The lowest BCUT2D eigenvalue weighted by Crippen LogP contribution is -2.67. The Morgan fingerprint density at radius 3 is 1.88 bits per heavy atom. The van der Waals surface area contributed by atoms with Crippen molar-refractivity contribution in [3.63, 3.8) is 0 Å². The molecule has 73 heavy (non-hydrogen) atoms. The maximum Gasteiger partial charge on any atom is 0.187 e. The van der Waals surface area contributed by atoms with Gasteiger partial charge in [-0.15, -0.1) is 0 Å². The van der Waals surface area contributed by atoms with Crippen LogP contribution in [0, 0.1) is 45.3 Å². The number of aliphatic hydroxyl groups is 13. The van der Waals surface area contributed by atoms with Gasteiger partial charge in [-0.1, -0.05) is 46.3 Å². The van der Waals surface area contributed by atoms with Crippen LogP contribution in [0.25, 0.3) is 0 Å². The van der Waals surface area contributed by atoms with Crippen molar-refractivity contribution >= 4 is 0 Å². The fourth-order valence-corrected chi connectivity index (χ4v) is 15.7. The highest BCUT2D eigenvalue weighted by Gasteiger charge is 2.72. The molecule has 4 heterocycles. The third kappa shape index (κ3) is 10.3. The van der Waals surface area contributed by atoms with Gasteiger partial charge in [-0.05, 0) is 124 Å². The summed E-state index contributed by atoms with van der Waals surface area (Å²) in [5.74, 6) is -0.201. The van der Waals surface area contributed by atoms with E-state index < -0.39 is 141 Å². The van der Waals surface area contributed by atoms with Gasteiger partial charge in [-0.3, -0.25) is 0 Å². The molecule has 0 radical (unpaired) electrons. The van der Waals surface area contributed by atoms with Crippen LogP contribution in [0.15, 0.2) is 11.6 Å². The van der Waals surface area contributed by atoms with E-state index in [1.54, 1.807) is 0 Å². The van der Waals surface area contributed by atoms with Gasteiger partial charge in [-0.25, -0.2) is 0 Å². The summed E-state index contributed by atoms with van der Waals surface area (Å²) in [5.41, 5.74) is -1.17. The Labute approximate surface area is 428 Å². The minimum Gasteiger partial charge on any atom is -0.394 e. The highest BCUT2D eigenvalue weighted by molar-refractivity contribution is 5.20. The molecule has 21 nitrogen and oxygen atoms in total. The first-order valence-corrected chi connectivity index (χ1v) is 26.7. The molecule has 4 aliphatic carbocycles. The molecule has 0 amide bonds. The molecule has 4 aliphatic heterocycles. The van der Waals surface area contributed by atoms with E-state index in [2.05, 4.69) is 40.7 Å². The molecule has 8 fully saturated rings. The number of rotatable bonds is 14. The van der Waals surface area contributed by atoms with Crippen molar-refractivity contribution in [2.75, 3.05) is 26.4 Å². The van der Waals surface area contributed by atoms with E-state index in [1.807, 2.05) is 20.8 Å². The predicted molar refractivity (Wildman–Crippen MR) is 254 cm³/mol. The van der Waals surface area contributed by atoms with Gasteiger partial charge < -0.3 is 104 Å².